The Kier molecular flexibility index (Phi) is 9.44. The first-order valence-electron chi connectivity index (χ1n) is 8.53. The lowest BCUT2D eigenvalue weighted by molar-refractivity contribution is 0.277. The van der Waals surface area contributed by atoms with Gasteiger partial charge in [0.05, 0.1) is 0 Å². The quantitative estimate of drug-likeness (QED) is 0.626. The maximum atomic E-state index is 5.58. The predicted molar refractivity (Wildman–Crippen MR) is 87.1 cm³/mol. The highest BCUT2D eigenvalue weighted by Gasteiger charge is 2.19. The van der Waals surface area contributed by atoms with Crippen LogP contribution in [0, 0.1) is 23.7 Å². The van der Waals surface area contributed by atoms with Crippen LogP contribution in [-0.4, -0.2) is 26.2 Å². The van der Waals surface area contributed by atoms with Gasteiger partial charge < -0.3 is 22.9 Å². The van der Waals surface area contributed by atoms with Crippen LogP contribution in [0.1, 0.15) is 51.4 Å². The van der Waals surface area contributed by atoms with Gasteiger partial charge >= 0.3 is 0 Å². The van der Waals surface area contributed by atoms with E-state index in [9.17, 15) is 0 Å². The second kappa shape index (κ2) is 10.6. The summed E-state index contributed by atoms with van der Waals surface area (Å²) in [4.78, 5) is 0. The molecule has 4 unspecified atom stereocenters. The summed E-state index contributed by atoms with van der Waals surface area (Å²) in [6.07, 6.45) is 10.5. The third-order valence-corrected chi connectivity index (χ3v) is 5.12. The molecule has 0 aliphatic heterocycles. The number of hydrogen-bond acceptors (Lipinski definition) is 4. The van der Waals surface area contributed by atoms with E-state index in [4.69, 9.17) is 22.9 Å². The zero-order valence-electron chi connectivity index (χ0n) is 13.1. The topological polar surface area (TPSA) is 104 Å². The molecule has 2 rings (SSSR count). The van der Waals surface area contributed by atoms with E-state index in [0.717, 1.165) is 49.9 Å². The van der Waals surface area contributed by atoms with Crippen molar-refractivity contribution in [1.82, 2.24) is 0 Å². The van der Waals surface area contributed by atoms with Gasteiger partial charge in [-0.2, -0.15) is 0 Å². The molecule has 0 aromatic rings. The van der Waals surface area contributed by atoms with Crippen LogP contribution in [0.4, 0.5) is 0 Å². The fraction of sp³-hybridized carbons (Fsp3) is 1.00. The smallest absolute Gasteiger partial charge is 0.00488 e. The second-order valence-corrected chi connectivity index (χ2v) is 6.74. The van der Waals surface area contributed by atoms with Crippen molar-refractivity contribution in [3.8, 4) is 0 Å². The van der Waals surface area contributed by atoms with Crippen molar-refractivity contribution >= 4 is 0 Å². The zero-order chi connectivity index (χ0) is 14.8. The maximum Gasteiger partial charge on any atom is -0.00488 e. The van der Waals surface area contributed by atoms with Gasteiger partial charge in [0.1, 0.15) is 0 Å². The van der Waals surface area contributed by atoms with Crippen LogP contribution in [0.5, 0.6) is 0 Å². The molecule has 4 heteroatoms. The fourth-order valence-corrected chi connectivity index (χ4v) is 3.66. The van der Waals surface area contributed by atoms with Gasteiger partial charge in [-0.3, -0.25) is 0 Å². The summed E-state index contributed by atoms with van der Waals surface area (Å²) in [7, 11) is 0. The summed E-state index contributed by atoms with van der Waals surface area (Å²) < 4.78 is 0. The highest BCUT2D eigenvalue weighted by Crippen LogP contribution is 2.27. The number of nitrogens with two attached hydrogens (primary N) is 4. The first-order chi connectivity index (χ1) is 9.73. The Morgan fingerprint density at radius 3 is 0.950 bits per heavy atom. The monoisotopic (exact) mass is 284 g/mol. The first kappa shape index (κ1) is 17.9. The average molecular weight is 284 g/mol. The van der Waals surface area contributed by atoms with Crippen molar-refractivity contribution in [3.63, 3.8) is 0 Å². The van der Waals surface area contributed by atoms with Crippen LogP contribution in [-0.2, 0) is 0 Å². The summed E-state index contributed by atoms with van der Waals surface area (Å²) >= 11 is 0. The van der Waals surface area contributed by atoms with Gasteiger partial charge in [-0.15, -0.1) is 0 Å². The molecular weight excluding hydrogens is 248 g/mol. The molecule has 4 atom stereocenters. The lowest BCUT2D eigenvalue weighted by Gasteiger charge is -2.26. The van der Waals surface area contributed by atoms with Crippen LogP contribution < -0.4 is 22.9 Å². The highest BCUT2D eigenvalue weighted by atomic mass is 14.6. The first-order valence-corrected chi connectivity index (χ1v) is 8.53. The van der Waals surface area contributed by atoms with E-state index in [0.29, 0.717) is 0 Å². The van der Waals surface area contributed by atoms with Gasteiger partial charge in [-0.25, -0.2) is 0 Å². The number of rotatable bonds is 4. The molecule has 120 valence electrons. The van der Waals surface area contributed by atoms with Crippen molar-refractivity contribution < 1.29 is 0 Å². The Bertz CT molecular complexity index is 191. The maximum absolute atomic E-state index is 5.58. The van der Waals surface area contributed by atoms with Gasteiger partial charge in [-0.05, 0) is 88.4 Å². The third-order valence-electron chi connectivity index (χ3n) is 5.12. The molecule has 0 amide bonds. The Hall–Kier alpha value is -0.160. The zero-order valence-corrected chi connectivity index (χ0v) is 13.1. The molecule has 0 saturated heterocycles. The molecule has 0 aromatic carbocycles. The Morgan fingerprint density at radius 2 is 0.750 bits per heavy atom. The molecule has 0 spiro atoms. The van der Waals surface area contributed by atoms with Crippen LogP contribution in [0.3, 0.4) is 0 Å². The van der Waals surface area contributed by atoms with Crippen molar-refractivity contribution in [2.24, 2.45) is 46.6 Å². The van der Waals surface area contributed by atoms with Crippen LogP contribution >= 0.6 is 0 Å². The number of hydrogen-bond donors (Lipinski definition) is 4. The third kappa shape index (κ3) is 6.53. The van der Waals surface area contributed by atoms with Gasteiger partial charge in [0.25, 0.3) is 0 Å². The Balaban J connectivity index is 0.000000200. The van der Waals surface area contributed by atoms with Gasteiger partial charge in [0, 0.05) is 0 Å². The van der Waals surface area contributed by atoms with E-state index >= 15 is 0 Å². The summed E-state index contributed by atoms with van der Waals surface area (Å²) in [6, 6.07) is 0. The van der Waals surface area contributed by atoms with E-state index in [2.05, 4.69) is 0 Å². The van der Waals surface area contributed by atoms with Crippen molar-refractivity contribution in [2.45, 2.75) is 51.4 Å². The molecule has 0 aromatic heterocycles. The predicted octanol–water partition coefficient (Wildman–Crippen LogP) is 1.42. The summed E-state index contributed by atoms with van der Waals surface area (Å²) in [5.41, 5.74) is 22.3. The molecule has 20 heavy (non-hydrogen) atoms. The molecule has 2 aliphatic rings. The van der Waals surface area contributed by atoms with Crippen LogP contribution in [0.2, 0.25) is 0 Å². The Labute approximate surface area is 125 Å². The molecule has 0 radical (unpaired) electrons. The van der Waals surface area contributed by atoms with E-state index in [1.54, 1.807) is 0 Å². The minimum absolute atomic E-state index is 0.766. The molecular formula is C16H36N4. The van der Waals surface area contributed by atoms with E-state index < -0.39 is 0 Å². The molecule has 8 N–H and O–H groups in total. The van der Waals surface area contributed by atoms with E-state index in [-0.39, 0.29) is 0 Å². The molecule has 4 nitrogen and oxygen atoms in total. The summed E-state index contributed by atoms with van der Waals surface area (Å²) in [5, 5.41) is 0. The largest absolute Gasteiger partial charge is 0.330 e. The standard InChI is InChI=1S/2C8H18N2/c2*9-5-7-2-1-3-8(4-7)6-10/h2*7-8H,1-6,9-10H2. The molecule has 2 saturated carbocycles. The highest BCUT2D eigenvalue weighted by molar-refractivity contribution is 4.74. The van der Waals surface area contributed by atoms with Crippen molar-refractivity contribution in [1.29, 1.82) is 0 Å². The van der Waals surface area contributed by atoms with Crippen LogP contribution in [0.25, 0.3) is 0 Å². The van der Waals surface area contributed by atoms with Gasteiger partial charge in [-0.1, -0.05) is 12.8 Å². The van der Waals surface area contributed by atoms with Gasteiger partial charge in [0.2, 0.25) is 0 Å². The van der Waals surface area contributed by atoms with E-state index in [1.807, 2.05) is 0 Å². The normalized spacial score (nSPS) is 34.2. The Morgan fingerprint density at radius 1 is 0.500 bits per heavy atom. The lowest BCUT2D eigenvalue weighted by atomic mass is 9.81. The van der Waals surface area contributed by atoms with E-state index in [1.165, 1.54) is 51.4 Å². The summed E-state index contributed by atoms with van der Waals surface area (Å²) in [6.45, 7) is 3.43. The lowest BCUT2D eigenvalue weighted by Crippen LogP contribution is -2.26. The second-order valence-electron chi connectivity index (χ2n) is 6.74. The minimum Gasteiger partial charge on any atom is -0.330 e. The molecule has 2 fully saturated rings. The molecule has 0 bridgehead atoms. The molecule has 2 aliphatic carbocycles. The van der Waals surface area contributed by atoms with Crippen molar-refractivity contribution in [3.05, 3.63) is 0 Å². The van der Waals surface area contributed by atoms with Crippen LogP contribution in [0.15, 0.2) is 0 Å². The average Bonchev–Trinajstić information content (AvgIpc) is 2.55. The minimum atomic E-state index is 0.766. The summed E-state index contributed by atoms with van der Waals surface area (Å²) in [5.74, 6) is 3.06. The fourth-order valence-electron chi connectivity index (χ4n) is 3.66. The SMILES string of the molecule is NCC1CCCC(CN)C1.NCC1CCCC(CN)C1. The molecule has 0 heterocycles. The van der Waals surface area contributed by atoms with Crippen molar-refractivity contribution in [2.75, 3.05) is 26.2 Å². The van der Waals surface area contributed by atoms with Gasteiger partial charge in [0.15, 0.2) is 0 Å².